The maximum atomic E-state index is 3.23. The van der Waals surface area contributed by atoms with Crippen molar-refractivity contribution in [3.8, 4) is 0 Å². The summed E-state index contributed by atoms with van der Waals surface area (Å²) < 4.78 is 0. The maximum Gasteiger partial charge on any atom is 0.0962 e. The standard InChI is InChI=1S/C13H25NSi/c1-10(2)15(11(3)4,12(5)6)13-7-8-14-9-13/h7-12,14H,1-6H3. The van der Waals surface area contributed by atoms with E-state index < -0.39 is 8.07 Å². The lowest BCUT2D eigenvalue weighted by atomic mass is 10.5. The topological polar surface area (TPSA) is 15.8 Å². The fraction of sp³-hybridized carbons (Fsp3) is 0.692. The Morgan fingerprint density at radius 2 is 1.40 bits per heavy atom. The van der Waals surface area contributed by atoms with Gasteiger partial charge >= 0.3 is 0 Å². The minimum Gasteiger partial charge on any atom is -0.368 e. The summed E-state index contributed by atoms with van der Waals surface area (Å²) in [5, 5.41) is 1.60. The van der Waals surface area contributed by atoms with Crippen molar-refractivity contribution in [2.45, 2.75) is 58.2 Å². The molecule has 86 valence electrons. The van der Waals surface area contributed by atoms with Crippen molar-refractivity contribution < 1.29 is 0 Å². The van der Waals surface area contributed by atoms with Gasteiger partial charge in [-0.05, 0) is 34.1 Å². The molecule has 1 N–H and O–H groups in total. The molecule has 1 nitrogen and oxygen atoms in total. The Balaban J connectivity index is 3.27. The van der Waals surface area contributed by atoms with Crippen LogP contribution in [0, 0.1) is 0 Å². The highest BCUT2D eigenvalue weighted by Crippen LogP contribution is 2.40. The minimum absolute atomic E-state index is 0.799. The molecule has 0 aliphatic rings. The Kier molecular flexibility index (Phi) is 3.82. The first-order valence-corrected chi connectivity index (χ1v) is 8.30. The van der Waals surface area contributed by atoms with E-state index in [0.717, 1.165) is 16.6 Å². The Hall–Kier alpha value is -0.503. The molecule has 1 rings (SSSR count). The van der Waals surface area contributed by atoms with Crippen LogP contribution in [0.15, 0.2) is 18.5 Å². The minimum atomic E-state index is -1.38. The summed E-state index contributed by atoms with van der Waals surface area (Å²) in [5.41, 5.74) is 2.40. The summed E-state index contributed by atoms with van der Waals surface area (Å²) in [6.45, 7) is 14.4. The van der Waals surface area contributed by atoms with Gasteiger partial charge in [0.25, 0.3) is 0 Å². The van der Waals surface area contributed by atoms with Crippen molar-refractivity contribution in [2.24, 2.45) is 0 Å². The third-order valence-corrected chi connectivity index (χ3v) is 11.0. The summed E-state index contributed by atoms with van der Waals surface area (Å²) in [4.78, 5) is 3.23. The molecule has 0 atom stereocenters. The van der Waals surface area contributed by atoms with Gasteiger partial charge in [-0.3, -0.25) is 0 Å². The molecule has 0 spiro atoms. The maximum absolute atomic E-state index is 3.23. The zero-order valence-electron chi connectivity index (χ0n) is 11.0. The Morgan fingerprint density at radius 3 is 1.67 bits per heavy atom. The van der Waals surface area contributed by atoms with Gasteiger partial charge in [0.1, 0.15) is 0 Å². The van der Waals surface area contributed by atoms with E-state index in [1.165, 1.54) is 0 Å². The van der Waals surface area contributed by atoms with Crippen LogP contribution >= 0.6 is 0 Å². The smallest absolute Gasteiger partial charge is 0.0962 e. The number of rotatable bonds is 4. The van der Waals surface area contributed by atoms with Crippen LogP contribution < -0.4 is 5.19 Å². The number of aromatic amines is 1. The van der Waals surface area contributed by atoms with Crippen molar-refractivity contribution in [2.75, 3.05) is 0 Å². The van der Waals surface area contributed by atoms with Gasteiger partial charge in [-0.2, -0.15) is 0 Å². The van der Waals surface area contributed by atoms with Crippen LogP contribution in [0.1, 0.15) is 41.5 Å². The molecule has 0 radical (unpaired) electrons. The van der Waals surface area contributed by atoms with Gasteiger partial charge in [0.05, 0.1) is 8.07 Å². The van der Waals surface area contributed by atoms with Gasteiger partial charge in [-0.1, -0.05) is 41.5 Å². The largest absolute Gasteiger partial charge is 0.368 e. The van der Waals surface area contributed by atoms with Crippen molar-refractivity contribution in [3.63, 3.8) is 0 Å². The first-order valence-electron chi connectivity index (χ1n) is 6.07. The molecule has 0 saturated heterocycles. The second-order valence-electron chi connectivity index (χ2n) is 5.50. The van der Waals surface area contributed by atoms with E-state index in [0.29, 0.717) is 0 Å². The van der Waals surface area contributed by atoms with Crippen LogP contribution in [-0.2, 0) is 0 Å². The summed E-state index contributed by atoms with van der Waals surface area (Å²) in [5.74, 6) is 0. The molecule has 0 aliphatic heterocycles. The molecule has 0 amide bonds. The van der Waals surface area contributed by atoms with Gasteiger partial charge in [-0.25, -0.2) is 0 Å². The highest BCUT2D eigenvalue weighted by molar-refractivity contribution is 6.95. The average Bonchev–Trinajstić information content (AvgIpc) is 2.55. The van der Waals surface area contributed by atoms with Gasteiger partial charge in [0.15, 0.2) is 0 Å². The van der Waals surface area contributed by atoms with Crippen LogP contribution in [0.3, 0.4) is 0 Å². The summed E-state index contributed by atoms with van der Waals surface area (Å²) in [7, 11) is -1.38. The second-order valence-corrected chi connectivity index (χ2v) is 11.4. The molecule has 15 heavy (non-hydrogen) atoms. The highest BCUT2D eigenvalue weighted by atomic mass is 28.3. The van der Waals surface area contributed by atoms with Crippen LogP contribution in [0.25, 0.3) is 0 Å². The van der Waals surface area contributed by atoms with E-state index in [1.54, 1.807) is 5.19 Å². The molecule has 0 fully saturated rings. The van der Waals surface area contributed by atoms with Crippen molar-refractivity contribution in [3.05, 3.63) is 18.5 Å². The predicted molar refractivity (Wildman–Crippen MR) is 71.5 cm³/mol. The van der Waals surface area contributed by atoms with E-state index >= 15 is 0 Å². The van der Waals surface area contributed by atoms with E-state index in [4.69, 9.17) is 0 Å². The summed E-state index contributed by atoms with van der Waals surface area (Å²) in [6, 6.07) is 2.30. The zero-order valence-corrected chi connectivity index (χ0v) is 12.0. The highest BCUT2D eigenvalue weighted by Gasteiger charge is 2.44. The van der Waals surface area contributed by atoms with Gasteiger partial charge in [0, 0.05) is 6.20 Å². The lowest BCUT2D eigenvalue weighted by molar-refractivity contribution is 0.835. The number of nitrogens with one attached hydrogen (secondary N) is 1. The summed E-state index contributed by atoms with van der Waals surface area (Å²) in [6.07, 6.45) is 4.30. The SMILES string of the molecule is CC(C)[Si](c1cc[nH]c1)(C(C)C)C(C)C. The summed E-state index contributed by atoms with van der Waals surface area (Å²) >= 11 is 0. The number of hydrogen-bond acceptors (Lipinski definition) is 0. The molecule has 1 aromatic rings. The number of hydrogen-bond donors (Lipinski definition) is 1. The Bertz CT molecular complexity index is 264. The first kappa shape index (κ1) is 12.6. The molecule has 2 heteroatoms. The molecular weight excluding hydrogens is 198 g/mol. The van der Waals surface area contributed by atoms with E-state index in [-0.39, 0.29) is 0 Å². The monoisotopic (exact) mass is 223 g/mol. The third kappa shape index (κ3) is 1.92. The zero-order chi connectivity index (χ0) is 11.6. The molecule has 1 aromatic heterocycles. The molecular formula is C13H25NSi. The number of aromatic nitrogens is 1. The normalized spacial score (nSPS) is 13.1. The molecule has 0 aliphatic carbocycles. The van der Waals surface area contributed by atoms with Crippen molar-refractivity contribution >= 4 is 13.3 Å². The first-order chi connectivity index (χ1) is 6.94. The lowest BCUT2D eigenvalue weighted by Crippen LogP contribution is -2.55. The predicted octanol–water partition coefficient (Wildman–Crippen LogP) is 3.90. The van der Waals surface area contributed by atoms with Crippen molar-refractivity contribution in [1.29, 1.82) is 0 Å². The quantitative estimate of drug-likeness (QED) is 0.745. The van der Waals surface area contributed by atoms with Crippen LogP contribution in [-0.4, -0.2) is 13.1 Å². The van der Waals surface area contributed by atoms with E-state index in [2.05, 4.69) is 65.0 Å². The second kappa shape index (κ2) is 4.56. The molecule has 0 saturated carbocycles. The van der Waals surface area contributed by atoms with Gasteiger partial charge in [0.2, 0.25) is 0 Å². The molecule has 0 aromatic carbocycles. The van der Waals surface area contributed by atoms with Crippen LogP contribution in [0.4, 0.5) is 0 Å². The lowest BCUT2D eigenvalue weighted by Gasteiger charge is -2.42. The van der Waals surface area contributed by atoms with Gasteiger partial charge < -0.3 is 4.98 Å². The van der Waals surface area contributed by atoms with E-state index in [9.17, 15) is 0 Å². The third-order valence-electron chi connectivity index (χ3n) is 3.96. The Morgan fingerprint density at radius 1 is 0.933 bits per heavy atom. The fourth-order valence-corrected chi connectivity index (χ4v) is 10.3. The fourth-order valence-electron chi connectivity index (χ4n) is 3.59. The molecule has 1 heterocycles. The molecule has 0 unspecified atom stereocenters. The number of H-pyrrole nitrogens is 1. The van der Waals surface area contributed by atoms with Crippen molar-refractivity contribution in [1.82, 2.24) is 4.98 Å². The molecule has 0 bridgehead atoms. The van der Waals surface area contributed by atoms with Gasteiger partial charge in [-0.15, -0.1) is 0 Å². The van der Waals surface area contributed by atoms with Crippen LogP contribution in [0.5, 0.6) is 0 Å². The van der Waals surface area contributed by atoms with E-state index in [1.807, 2.05) is 0 Å². The average molecular weight is 223 g/mol. The van der Waals surface area contributed by atoms with Crippen LogP contribution in [0.2, 0.25) is 16.6 Å². The Labute approximate surface area is 95.3 Å².